The summed E-state index contributed by atoms with van der Waals surface area (Å²) in [7, 11) is 3.59. The maximum absolute atomic E-state index is 12.2. The second-order valence-corrected chi connectivity index (χ2v) is 2.51. The van der Waals surface area contributed by atoms with E-state index in [0.717, 1.165) is 0 Å². The van der Waals surface area contributed by atoms with Crippen molar-refractivity contribution in [2.24, 2.45) is 0 Å². The summed E-state index contributed by atoms with van der Waals surface area (Å²) in [5.74, 6) is 0. The van der Waals surface area contributed by atoms with E-state index in [4.69, 9.17) is 5.11 Å². The zero-order valence-corrected chi connectivity index (χ0v) is 6.13. The zero-order valence-electron chi connectivity index (χ0n) is 6.13. The summed E-state index contributed by atoms with van der Waals surface area (Å²) in [6.45, 7) is 1.74. The zero-order chi connectivity index (χ0) is 7.44. The lowest BCUT2D eigenvalue weighted by Gasteiger charge is -2.16. The average Bonchev–Trinajstić information content (AvgIpc) is 1.63. The minimum atomic E-state index is -1.13. The van der Waals surface area contributed by atoms with Crippen LogP contribution in [0.3, 0.4) is 0 Å². The van der Waals surface area contributed by atoms with Crippen LogP contribution in [0.15, 0.2) is 0 Å². The summed E-state index contributed by atoms with van der Waals surface area (Å²) in [4.78, 5) is 1.75. The van der Waals surface area contributed by atoms with Crippen molar-refractivity contribution in [1.29, 1.82) is 0 Å². The normalized spacial score (nSPS) is 18.0. The van der Waals surface area contributed by atoms with Crippen molar-refractivity contribution in [2.45, 2.75) is 19.2 Å². The van der Waals surface area contributed by atoms with Crippen LogP contribution in [0.1, 0.15) is 6.92 Å². The van der Waals surface area contributed by atoms with Crippen molar-refractivity contribution in [3.05, 3.63) is 0 Å². The number of likely N-dealkylation sites (N-methyl/N-ethyl adjacent to an activating group) is 1. The number of hydrogen-bond acceptors (Lipinski definition) is 2. The van der Waals surface area contributed by atoms with Crippen LogP contribution < -0.4 is 0 Å². The van der Waals surface area contributed by atoms with E-state index in [1.807, 2.05) is 0 Å². The maximum atomic E-state index is 12.2. The van der Waals surface area contributed by atoms with Gasteiger partial charge in [0.15, 0.2) is 0 Å². The van der Waals surface area contributed by atoms with E-state index < -0.39 is 12.3 Å². The third-order valence-corrected chi connectivity index (χ3v) is 1.08. The molecule has 0 aliphatic heterocycles. The summed E-state index contributed by atoms with van der Waals surface area (Å²) in [5.41, 5.74) is 0. The number of aliphatic hydroxyl groups is 1. The number of hydrogen-bond donors (Lipinski definition) is 1. The van der Waals surface area contributed by atoms with Gasteiger partial charge in [-0.1, -0.05) is 0 Å². The highest BCUT2D eigenvalue weighted by Crippen LogP contribution is 1.97. The van der Waals surface area contributed by atoms with Crippen molar-refractivity contribution in [1.82, 2.24) is 4.90 Å². The second-order valence-electron chi connectivity index (χ2n) is 2.51. The quantitative estimate of drug-likeness (QED) is 0.600. The van der Waals surface area contributed by atoms with Crippen LogP contribution in [0.4, 0.5) is 4.39 Å². The Morgan fingerprint density at radius 1 is 1.56 bits per heavy atom. The number of nitrogens with zero attached hydrogens (tertiary/aromatic N) is 1. The monoisotopic (exact) mass is 135 g/mol. The standard InChI is InChI=1S/C6H14FNO/c1-5(7)6(9)4-8(2)3/h5-6,9H,4H2,1-3H3. The third kappa shape index (κ3) is 4.36. The Labute approximate surface area is 55.3 Å². The van der Waals surface area contributed by atoms with E-state index in [0.29, 0.717) is 6.54 Å². The van der Waals surface area contributed by atoms with Crippen molar-refractivity contribution >= 4 is 0 Å². The topological polar surface area (TPSA) is 23.5 Å². The predicted molar refractivity (Wildman–Crippen MR) is 35.1 cm³/mol. The molecule has 0 bridgehead atoms. The number of rotatable bonds is 3. The SMILES string of the molecule is CC(F)C(O)CN(C)C. The highest BCUT2D eigenvalue weighted by molar-refractivity contribution is 4.64. The van der Waals surface area contributed by atoms with Crippen LogP contribution in [-0.4, -0.2) is 42.9 Å². The van der Waals surface area contributed by atoms with Crippen LogP contribution >= 0.6 is 0 Å². The first kappa shape index (κ1) is 8.85. The molecule has 0 aliphatic rings. The molecule has 0 amide bonds. The van der Waals surface area contributed by atoms with E-state index in [2.05, 4.69) is 0 Å². The molecule has 0 saturated heterocycles. The van der Waals surface area contributed by atoms with Gasteiger partial charge in [0, 0.05) is 6.54 Å². The van der Waals surface area contributed by atoms with Crippen LogP contribution in [0, 0.1) is 0 Å². The first-order chi connectivity index (χ1) is 4.04. The van der Waals surface area contributed by atoms with Crippen molar-refractivity contribution in [3.63, 3.8) is 0 Å². The Hall–Kier alpha value is -0.150. The molecule has 0 aromatic heterocycles. The molecule has 0 spiro atoms. The Morgan fingerprint density at radius 2 is 2.00 bits per heavy atom. The molecule has 0 aliphatic carbocycles. The first-order valence-electron chi connectivity index (χ1n) is 3.01. The first-order valence-corrected chi connectivity index (χ1v) is 3.01. The van der Waals surface area contributed by atoms with Crippen LogP contribution in [-0.2, 0) is 0 Å². The van der Waals surface area contributed by atoms with Crippen LogP contribution in [0.2, 0.25) is 0 Å². The van der Waals surface area contributed by atoms with E-state index in [9.17, 15) is 4.39 Å². The lowest BCUT2D eigenvalue weighted by atomic mass is 10.2. The summed E-state index contributed by atoms with van der Waals surface area (Å²) in [6, 6.07) is 0. The molecule has 2 atom stereocenters. The van der Waals surface area contributed by atoms with Crippen LogP contribution in [0.5, 0.6) is 0 Å². The molecular formula is C6H14FNO. The van der Waals surface area contributed by atoms with Crippen molar-refractivity contribution in [2.75, 3.05) is 20.6 Å². The lowest BCUT2D eigenvalue weighted by Crippen LogP contribution is -2.31. The summed E-state index contributed by atoms with van der Waals surface area (Å²) < 4.78 is 12.2. The predicted octanol–water partition coefficient (Wildman–Crippen LogP) is 0.267. The number of alkyl halides is 1. The van der Waals surface area contributed by atoms with Gasteiger partial charge in [-0.15, -0.1) is 0 Å². The molecule has 56 valence electrons. The fourth-order valence-electron chi connectivity index (χ4n) is 0.519. The molecular weight excluding hydrogens is 121 g/mol. The van der Waals surface area contributed by atoms with Gasteiger partial charge in [0.2, 0.25) is 0 Å². The lowest BCUT2D eigenvalue weighted by molar-refractivity contribution is 0.0647. The average molecular weight is 135 g/mol. The smallest absolute Gasteiger partial charge is 0.124 e. The molecule has 2 unspecified atom stereocenters. The molecule has 9 heavy (non-hydrogen) atoms. The summed E-state index contributed by atoms with van der Waals surface area (Å²) in [6.07, 6.45) is -1.98. The minimum absolute atomic E-state index is 0.387. The second kappa shape index (κ2) is 3.80. The fraction of sp³-hybridized carbons (Fsp3) is 1.00. The third-order valence-electron chi connectivity index (χ3n) is 1.08. The Kier molecular flexibility index (Phi) is 3.73. The van der Waals surface area contributed by atoms with E-state index >= 15 is 0 Å². The molecule has 3 heteroatoms. The largest absolute Gasteiger partial charge is 0.389 e. The highest BCUT2D eigenvalue weighted by atomic mass is 19.1. The minimum Gasteiger partial charge on any atom is -0.389 e. The van der Waals surface area contributed by atoms with Gasteiger partial charge in [0.05, 0.1) is 6.10 Å². The molecule has 0 saturated carbocycles. The van der Waals surface area contributed by atoms with E-state index in [1.54, 1.807) is 19.0 Å². The Morgan fingerprint density at radius 3 is 2.11 bits per heavy atom. The Balaban J connectivity index is 3.38. The van der Waals surface area contributed by atoms with E-state index in [1.165, 1.54) is 6.92 Å². The number of halogens is 1. The van der Waals surface area contributed by atoms with Gasteiger partial charge in [-0.3, -0.25) is 0 Å². The molecule has 0 fully saturated rings. The van der Waals surface area contributed by atoms with Gasteiger partial charge in [0.25, 0.3) is 0 Å². The molecule has 0 radical (unpaired) electrons. The van der Waals surface area contributed by atoms with Gasteiger partial charge >= 0.3 is 0 Å². The van der Waals surface area contributed by atoms with Crippen molar-refractivity contribution < 1.29 is 9.50 Å². The van der Waals surface area contributed by atoms with Crippen LogP contribution in [0.25, 0.3) is 0 Å². The van der Waals surface area contributed by atoms with Gasteiger partial charge in [0.1, 0.15) is 6.17 Å². The summed E-state index contributed by atoms with van der Waals surface area (Å²) in [5, 5.41) is 8.88. The molecule has 2 nitrogen and oxygen atoms in total. The van der Waals surface area contributed by atoms with E-state index in [-0.39, 0.29) is 0 Å². The van der Waals surface area contributed by atoms with Gasteiger partial charge in [-0.05, 0) is 21.0 Å². The maximum Gasteiger partial charge on any atom is 0.124 e. The molecule has 0 rings (SSSR count). The Bertz CT molecular complexity index is 75.5. The van der Waals surface area contributed by atoms with Gasteiger partial charge < -0.3 is 10.0 Å². The fourth-order valence-corrected chi connectivity index (χ4v) is 0.519. The van der Waals surface area contributed by atoms with Gasteiger partial charge in [-0.25, -0.2) is 4.39 Å². The highest BCUT2D eigenvalue weighted by Gasteiger charge is 2.12. The summed E-state index contributed by atoms with van der Waals surface area (Å²) >= 11 is 0. The molecule has 0 aromatic carbocycles. The number of aliphatic hydroxyl groups excluding tert-OH is 1. The van der Waals surface area contributed by atoms with Gasteiger partial charge in [-0.2, -0.15) is 0 Å². The van der Waals surface area contributed by atoms with Crippen molar-refractivity contribution in [3.8, 4) is 0 Å². The molecule has 0 aromatic rings. The molecule has 1 N–H and O–H groups in total. The molecule has 0 heterocycles.